The van der Waals surface area contributed by atoms with Gasteiger partial charge in [0.1, 0.15) is 5.75 Å². The standard InChI is InChI=1S/C24H30N4O2S.HI/c1-25-24(28-20-10-6-11-22(16-20)30-15-7-14-29-2)26-17-21-18-31-23(27-21)13-12-19-8-4-3-5-9-19;/h3-6,8-11,16,18H,7,12-15,17H2,1-2H3,(H2,25,26,28);1H. The summed E-state index contributed by atoms with van der Waals surface area (Å²) in [5.74, 6) is 1.51. The summed E-state index contributed by atoms with van der Waals surface area (Å²) in [5.41, 5.74) is 3.28. The molecule has 0 bridgehead atoms. The SMILES string of the molecule is CN=C(NCc1csc(CCc2ccccc2)n1)Nc1cccc(OCCCOC)c1.I. The molecule has 1 heterocycles. The number of anilines is 1. The van der Waals surface area contributed by atoms with Crippen LogP contribution in [-0.2, 0) is 24.1 Å². The lowest BCUT2D eigenvalue weighted by Gasteiger charge is -2.12. The number of hydrogen-bond donors (Lipinski definition) is 2. The second-order valence-corrected chi connectivity index (χ2v) is 7.93. The van der Waals surface area contributed by atoms with Gasteiger partial charge in [-0.05, 0) is 24.1 Å². The Balaban J connectivity index is 0.00000363. The number of aryl methyl sites for hydroxylation is 2. The number of hydrogen-bond acceptors (Lipinski definition) is 5. The van der Waals surface area contributed by atoms with Crippen molar-refractivity contribution in [2.75, 3.05) is 32.7 Å². The van der Waals surface area contributed by atoms with Crippen molar-refractivity contribution in [1.29, 1.82) is 0 Å². The predicted octanol–water partition coefficient (Wildman–Crippen LogP) is 5.15. The van der Waals surface area contributed by atoms with Crippen molar-refractivity contribution in [3.63, 3.8) is 0 Å². The average molecular weight is 567 g/mol. The van der Waals surface area contributed by atoms with Gasteiger partial charge in [-0.25, -0.2) is 4.98 Å². The number of methoxy groups -OCH3 is 1. The van der Waals surface area contributed by atoms with Crippen molar-refractivity contribution < 1.29 is 9.47 Å². The van der Waals surface area contributed by atoms with Gasteiger partial charge in [0, 0.05) is 50.7 Å². The minimum Gasteiger partial charge on any atom is -0.493 e. The molecule has 172 valence electrons. The number of aromatic nitrogens is 1. The van der Waals surface area contributed by atoms with Crippen LogP contribution in [0.1, 0.15) is 22.7 Å². The zero-order valence-electron chi connectivity index (χ0n) is 18.5. The third-order valence-electron chi connectivity index (χ3n) is 4.59. The molecule has 0 spiro atoms. The van der Waals surface area contributed by atoms with Gasteiger partial charge in [-0.15, -0.1) is 35.3 Å². The molecule has 0 atom stereocenters. The lowest BCUT2D eigenvalue weighted by molar-refractivity contribution is 0.172. The first-order chi connectivity index (χ1) is 15.3. The molecule has 0 aliphatic carbocycles. The largest absolute Gasteiger partial charge is 0.493 e. The summed E-state index contributed by atoms with van der Waals surface area (Å²) in [6.45, 7) is 1.94. The summed E-state index contributed by atoms with van der Waals surface area (Å²) in [6.07, 6.45) is 2.82. The lowest BCUT2D eigenvalue weighted by Crippen LogP contribution is -2.30. The van der Waals surface area contributed by atoms with Gasteiger partial charge < -0.3 is 20.1 Å². The molecule has 3 aromatic rings. The van der Waals surface area contributed by atoms with E-state index in [-0.39, 0.29) is 24.0 Å². The molecule has 0 amide bonds. The predicted molar refractivity (Wildman–Crippen MR) is 144 cm³/mol. The van der Waals surface area contributed by atoms with Crippen molar-refractivity contribution in [3.8, 4) is 5.75 Å². The fraction of sp³-hybridized carbons (Fsp3) is 0.333. The molecule has 0 saturated carbocycles. The molecule has 2 aromatic carbocycles. The monoisotopic (exact) mass is 566 g/mol. The van der Waals surface area contributed by atoms with Gasteiger partial charge >= 0.3 is 0 Å². The van der Waals surface area contributed by atoms with Crippen molar-refractivity contribution in [2.24, 2.45) is 4.99 Å². The van der Waals surface area contributed by atoms with Gasteiger partial charge in [-0.3, -0.25) is 4.99 Å². The maximum atomic E-state index is 5.76. The van der Waals surface area contributed by atoms with Gasteiger partial charge in [-0.2, -0.15) is 0 Å². The summed E-state index contributed by atoms with van der Waals surface area (Å²) in [4.78, 5) is 9.05. The number of nitrogens with one attached hydrogen (secondary N) is 2. The highest BCUT2D eigenvalue weighted by atomic mass is 127. The molecule has 3 rings (SSSR count). The third kappa shape index (κ3) is 9.13. The van der Waals surface area contributed by atoms with E-state index >= 15 is 0 Å². The molecular formula is C24H31IN4O2S. The lowest BCUT2D eigenvalue weighted by atomic mass is 10.1. The van der Waals surface area contributed by atoms with Crippen LogP contribution in [0, 0.1) is 0 Å². The minimum absolute atomic E-state index is 0. The second-order valence-electron chi connectivity index (χ2n) is 6.99. The normalized spacial score (nSPS) is 11.0. The summed E-state index contributed by atoms with van der Waals surface area (Å²) in [5, 5.41) is 9.89. The van der Waals surface area contributed by atoms with E-state index in [0.29, 0.717) is 25.7 Å². The summed E-state index contributed by atoms with van der Waals surface area (Å²) in [7, 11) is 3.45. The zero-order valence-corrected chi connectivity index (χ0v) is 21.7. The Labute approximate surface area is 211 Å². The summed E-state index contributed by atoms with van der Waals surface area (Å²) < 4.78 is 10.8. The topological polar surface area (TPSA) is 67.8 Å². The molecule has 32 heavy (non-hydrogen) atoms. The number of halogens is 1. The van der Waals surface area contributed by atoms with Crippen LogP contribution in [0.15, 0.2) is 65.0 Å². The van der Waals surface area contributed by atoms with Crippen molar-refractivity contribution >= 4 is 47.0 Å². The Morgan fingerprint density at radius 2 is 1.91 bits per heavy atom. The second kappa shape index (κ2) is 14.8. The maximum absolute atomic E-state index is 5.76. The van der Waals surface area contributed by atoms with Crippen molar-refractivity contribution in [2.45, 2.75) is 25.8 Å². The highest BCUT2D eigenvalue weighted by molar-refractivity contribution is 14.0. The third-order valence-corrected chi connectivity index (χ3v) is 5.55. The first-order valence-electron chi connectivity index (χ1n) is 10.4. The van der Waals surface area contributed by atoms with Gasteiger partial charge in [0.05, 0.1) is 23.9 Å². The van der Waals surface area contributed by atoms with Crippen LogP contribution in [0.3, 0.4) is 0 Å². The van der Waals surface area contributed by atoms with E-state index in [4.69, 9.17) is 14.5 Å². The zero-order chi connectivity index (χ0) is 21.7. The quantitative estimate of drug-likeness (QED) is 0.146. The average Bonchev–Trinajstić information content (AvgIpc) is 3.27. The molecule has 0 aliphatic rings. The summed E-state index contributed by atoms with van der Waals surface area (Å²) in [6, 6.07) is 18.4. The van der Waals surface area contributed by atoms with Gasteiger partial charge in [0.15, 0.2) is 5.96 Å². The molecule has 0 unspecified atom stereocenters. The first-order valence-corrected chi connectivity index (χ1v) is 11.3. The number of aliphatic imine (C=N–C) groups is 1. The van der Waals surface area contributed by atoms with Crippen LogP contribution in [-0.4, -0.2) is 38.3 Å². The molecule has 0 aliphatic heterocycles. The maximum Gasteiger partial charge on any atom is 0.195 e. The Kier molecular flexibility index (Phi) is 12.1. The fourth-order valence-electron chi connectivity index (χ4n) is 2.99. The van der Waals surface area contributed by atoms with E-state index in [0.717, 1.165) is 41.4 Å². The smallest absolute Gasteiger partial charge is 0.195 e. The summed E-state index contributed by atoms with van der Waals surface area (Å²) >= 11 is 1.71. The molecule has 6 nitrogen and oxygen atoms in total. The Morgan fingerprint density at radius 1 is 1.06 bits per heavy atom. The first kappa shape index (κ1) is 26.1. The van der Waals surface area contributed by atoms with Gasteiger partial charge in [0.2, 0.25) is 0 Å². The highest BCUT2D eigenvalue weighted by Crippen LogP contribution is 2.18. The van der Waals surface area contributed by atoms with E-state index in [9.17, 15) is 0 Å². The van der Waals surface area contributed by atoms with E-state index in [2.05, 4.69) is 45.3 Å². The molecule has 1 aromatic heterocycles. The molecular weight excluding hydrogens is 535 g/mol. The van der Waals surface area contributed by atoms with E-state index in [1.807, 2.05) is 30.3 Å². The Morgan fingerprint density at radius 3 is 2.69 bits per heavy atom. The molecule has 0 radical (unpaired) electrons. The number of ether oxygens (including phenoxy) is 2. The number of guanidine groups is 1. The van der Waals surface area contributed by atoms with E-state index in [1.165, 1.54) is 5.56 Å². The molecule has 0 fully saturated rings. The Hall–Kier alpha value is -2.17. The van der Waals surface area contributed by atoms with Crippen LogP contribution in [0.4, 0.5) is 5.69 Å². The van der Waals surface area contributed by atoms with Crippen LogP contribution < -0.4 is 15.4 Å². The van der Waals surface area contributed by atoms with Gasteiger partial charge in [-0.1, -0.05) is 36.4 Å². The van der Waals surface area contributed by atoms with E-state index in [1.54, 1.807) is 25.5 Å². The van der Waals surface area contributed by atoms with E-state index < -0.39 is 0 Å². The van der Waals surface area contributed by atoms with Crippen LogP contribution >= 0.6 is 35.3 Å². The van der Waals surface area contributed by atoms with Crippen molar-refractivity contribution in [3.05, 3.63) is 76.2 Å². The number of nitrogens with zero attached hydrogens (tertiary/aromatic N) is 2. The molecule has 0 saturated heterocycles. The minimum atomic E-state index is 0. The van der Waals surface area contributed by atoms with Gasteiger partial charge in [0.25, 0.3) is 0 Å². The van der Waals surface area contributed by atoms with Crippen molar-refractivity contribution in [1.82, 2.24) is 10.3 Å². The number of thiazole rings is 1. The molecule has 2 N–H and O–H groups in total. The number of rotatable bonds is 11. The van der Waals surface area contributed by atoms with Crippen LogP contribution in [0.5, 0.6) is 5.75 Å². The highest BCUT2D eigenvalue weighted by Gasteiger charge is 2.06. The number of benzene rings is 2. The van der Waals surface area contributed by atoms with Crippen LogP contribution in [0.25, 0.3) is 0 Å². The Bertz CT molecular complexity index is 950. The van der Waals surface area contributed by atoms with Crippen LogP contribution in [0.2, 0.25) is 0 Å². The fourth-order valence-corrected chi connectivity index (χ4v) is 3.79. The molecule has 8 heteroatoms.